The molecule has 0 aliphatic carbocycles. The van der Waals surface area contributed by atoms with Crippen LogP contribution in [0.3, 0.4) is 0 Å². The van der Waals surface area contributed by atoms with Crippen LogP contribution in [0, 0.1) is 0 Å². The van der Waals surface area contributed by atoms with Gasteiger partial charge in [0.05, 0.1) is 5.92 Å². The molecule has 0 saturated carbocycles. The number of halogens is 1. The zero-order valence-corrected chi connectivity index (χ0v) is 11.3. The summed E-state index contributed by atoms with van der Waals surface area (Å²) in [7, 11) is 0. The van der Waals surface area contributed by atoms with E-state index in [0.717, 1.165) is 22.1 Å². The summed E-state index contributed by atoms with van der Waals surface area (Å²) >= 11 is 5.12. The van der Waals surface area contributed by atoms with Crippen LogP contribution in [0.25, 0.3) is 0 Å². The Morgan fingerprint density at radius 2 is 2.24 bits per heavy atom. The Morgan fingerprint density at radius 1 is 1.35 bits per heavy atom. The topological polar surface area (TPSA) is 29.1 Å². The lowest BCUT2D eigenvalue weighted by atomic mass is 9.94. The summed E-state index contributed by atoms with van der Waals surface area (Å²) in [6.45, 7) is 0. The molecule has 1 aliphatic heterocycles. The molecule has 2 aromatic rings. The zero-order valence-electron chi connectivity index (χ0n) is 8.94. The van der Waals surface area contributed by atoms with E-state index in [0.29, 0.717) is 0 Å². The first kappa shape index (κ1) is 11.0. The molecule has 0 saturated heterocycles. The number of fused-ring (bicyclic) bond motifs is 1. The summed E-state index contributed by atoms with van der Waals surface area (Å²) < 4.78 is 1.02. The largest absolute Gasteiger partial charge is 0.325 e. The molecule has 2 heterocycles. The molecule has 4 heteroatoms. The highest BCUT2D eigenvalue weighted by molar-refractivity contribution is 9.10. The van der Waals surface area contributed by atoms with Gasteiger partial charge in [-0.2, -0.15) is 11.3 Å². The minimum absolute atomic E-state index is 0.0582. The van der Waals surface area contributed by atoms with E-state index >= 15 is 0 Å². The zero-order chi connectivity index (χ0) is 11.8. The maximum absolute atomic E-state index is 11.9. The monoisotopic (exact) mass is 307 g/mol. The Kier molecular flexibility index (Phi) is 2.76. The standard InChI is InChI=1S/C13H10BrNOS/c14-9-1-2-12-10(6-9)11(13(16)15-12)5-8-3-4-17-7-8/h1-4,6-7,11H,5H2,(H,15,16). The number of benzene rings is 1. The molecule has 3 rings (SSSR count). The van der Waals surface area contributed by atoms with Gasteiger partial charge in [-0.05, 0) is 52.6 Å². The number of carbonyl (C=O) groups excluding carboxylic acids is 1. The number of nitrogens with one attached hydrogen (secondary N) is 1. The number of anilines is 1. The Labute approximate surface area is 112 Å². The van der Waals surface area contributed by atoms with Crippen molar-refractivity contribution in [2.75, 3.05) is 5.32 Å². The SMILES string of the molecule is O=C1Nc2ccc(Br)cc2C1Cc1ccsc1. The fourth-order valence-corrected chi connectivity index (χ4v) is 3.20. The van der Waals surface area contributed by atoms with Crippen molar-refractivity contribution in [1.29, 1.82) is 0 Å². The van der Waals surface area contributed by atoms with Gasteiger partial charge in [-0.1, -0.05) is 15.9 Å². The van der Waals surface area contributed by atoms with E-state index in [4.69, 9.17) is 0 Å². The van der Waals surface area contributed by atoms with Gasteiger partial charge < -0.3 is 5.32 Å². The molecule has 1 N–H and O–H groups in total. The summed E-state index contributed by atoms with van der Waals surface area (Å²) in [4.78, 5) is 11.9. The van der Waals surface area contributed by atoms with Gasteiger partial charge in [0.2, 0.25) is 5.91 Å². The highest BCUT2D eigenvalue weighted by atomic mass is 79.9. The molecular weight excluding hydrogens is 298 g/mol. The van der Waals surface area contributed by atoms with Crippen LogP contribution in [0.4, 0.5) is 5.69 Å². The van der Waals surface area contributed by atoms with Crippen LogP contribution in [0.1, 0.15) is 17.0 Å². The quantitative estimate of drug-likeness (QED) is 0.898. The van der Waals surface area contributed by atoms with Crippen LogP contribution in [0.5, 0.6) is 0 Å². The van der Waals surface area contributed by atoms with E-state index in [1.54, 1.807) is 11.3 Å². The van der Waals surface area contributed by atoms with Crippen LogP contribution in [0.2, 0.25) is 0 Å². The number of hydrogen-bond donors (Lipinski definition) is 1. The number of amides is 1. The summed E-state index contributed by atoms with van der Waals surface area (Å²) in [5.41, 5.74) is 3.26. The van der Waals surface area contributed by atoms with E-state index in [-0.39, 0.29) is 11.8 Å². The maximum Gasteiger partial charge on any atom is 0.232 e. The highest BCUT2D eigenvalue weighted by Gasteiger charge is 2.30. The van der Waals surface area contributed by atoms with Crippen molar-refractivity contribution in [3.63, 3.8) is 0 Å². The highest BCUT2D eigenvalue weighted by Crippen LogP contribution is 2.36. The second-order valence-electron chi connectivity index (χ2n) is 4.11. The molecule has 17 heavy (non-hydrogen) atoms. The first-order valence-electron chi connectivity index (χ1n) is 5.35. The van der Waals surface area contributed by atoms with Gasteiger partial charge in [-0.15, -0.1) is 0 Å². The van der Waals surface area contributed by atoms with Gasteiger partial charge in [0.25, 0.3) is 0 Å². The number of rotatable bonds is 2. The molecule has 0 spiro atoms. The summed E-state index contributed by atoms with van der Waals surface area (Å²) in [6.07, 6.45) is 0.777. The lowest BCUT2D eigenvalue weighted by Crippen LogP contribution is -2.13. The third-order valence-electron chi connectivity index (χ3n) is 2.98. The third kappa shape index (κ3) is 2.03. The van der Waals surface area contributed by atoms with Crippen molar-refractivity contribution in [1.82, 2.24) is 0 Å². The Balaban J connectivity index is 1.96. The Hall–Kier alpha value is -1.13. The number of thiophene rings is 1. The molecule has 0 radical (unpaired) electrons. The fraction of sp³-hybridized carbons (Fsp3) is 0.154. The molecule has 1 aromatic heterocycles. The minimum Gasteiger partial charge on any atom is -0.325 e. The second kappa shape index (κ2) is 4.27. The second-order valence-corrected chi connectivity index (χ2v) is 5.80. The third-order valence-corrected chi connectivity index (χ3v) is 4.21. The van der Waals surface area contributed by atoms with E-state index < -0.39 is 0 Å². The molecule has 86 valence electrons. The molecule has 0 bridgehead atoms. The molecule has 1 atom stereocenters. The van der Waals surface area contributed by atoms with Crippen molar-refractivity contribution in [3.05, 3.63) is 50.6 Å². The normalized spacial score (nSPS) is 17.9. The van der Waals surface area contributed by atoms with Crippen molar-refractivity contribution in [2.24, 2.45) is 0 Å². The summed E-state index contributed by atoms with van der Waals surface area (Å²) in [5.74, 6) is 0.0430. The Bertz CT molecular complexity index is 565. The van der Waals surface area contributed by atoms with Gasteiger partial charge in [0, 0.05) is 10.2 Å². The van der Waals surface area contributed by atoms with Crippen molar-refractivity contribution >= 4 is 38.9 Å². The van der Waals surface area contributed by atoms with Crippen LogP contribution < -0.4 is 5.32 Å². The summed E-state index contributed by atoms with van der Waals surface area (Å²) in [6, 6.07) is 8.01. The molecule has 1 aliphatic rings. The van der Waals surface area contributed by atoms with Crippen LogP contribution in [-0.4, -0.2) is 5.91 Å². The van der Waals surface area contributed by atoms with E-state index in [1.807, 2.05) is 23.6 Å². The molecule has 0 fully saturated rings. The average molecular weight is 308 g/mol. The average Bonchev–Trinajstić information content (AvgIpc) is 2.90. The van der Waals surface area contributed by atoms with Crippen LogP contribution in [-0.2, 0) is 11.2 Å². The first-order valence-corrected chi connectivity index (χ1v) is 7.09. The molecular formula is C13H10BrNOS. The molecule has 1 amide bonds. The predicted octanol–water partition coefficient (Wildman–Crippen LogP) is 3.79. The lowest BCUT2D eigenvalue weighted by Gasteiger charge is -2.07. The maximum atomic E-state index is 11.9. The molecule has 1 unspecified atom stereocenters. The van der Waals surface area contributed by atoms with Gasteiger partial charge in [-0.25, -0.2) is 0 Å². The smallest absolute Gasteiger partial charge is 0.232 e. The number of carbonyl (C=O) groups is 1. The van der Waals surface area contributed by atoms with Crippen LogP contribution in [0.15, 0.2) is 39.5 Å². The van der Waals surface area contributed by atoms with Crippen molar-refractivity contribution in [2.45, 2.75) is 12.3 Å². The van der Waals surface area contributed by atoms with E-state index in [9.17, 15) is 4.79 Å². The van der Waals surface area contributed by atoms with Gasteiger partial charge in [0.15, 0.2) is 0 Å². The van der Waals surface area contributed by atoms with Gasteiger partial charge in [0.1, 0.15) is 0 Å². The lowest BCUT2D eigenvalue weighted by molar-refractivity contribution is -0.117. The number of hydrogen-bond acceptors (Lipinski definition) is 2. The fourth-order valence-electron chi connectivity index (χ4n) is 2.14. The minimum atomic E-state index is -0.0582. The predicted molar refractivity (Wildman–Crippen MR) is 73.5 cm³/mol. The molecule has 1 aromatic carbocycles. The van der Waals surface area contributed by atoms with Crippen molar-refractivity contribution < 1.29 is 4.79 Å². The molecule has 2 nitrogen and oxygen atoms in total. The van der Waals surface area contributed by atoms with Gasteiger partial charge >= 0.3 is 0 Å². The first-order chi connectivity index (χ1) is 8.24. The van der Waals surface area contributed by atoms with E-state index in [1.165, 1.54) is 5.56 Å². The Morgan fingerprint density at radius 3 is 3.00 bits per heavy atom. The van der Waals surface area contributed by atoms with Crippen molar-refractivity contribution in [3.8, 4) is 0 Å². The van der Waals surface area contributed by atoms with Gasteiger partial charge in [-0.3, -0.25) is 4.79 Å². The van der Waals surface area contributed by atoms with E-state index in [2.05, 4.69) is 32.7 Å². The summed E-state index contributed by atoms with van der Waals surface area (Å²) in [5, 5.41) is 7.08. The van der Waals surface area contributed by atoms with Crippen LogP contribution >= 0.6 is 27.3 Å².